The zero-order chi connectivity index (χ0) is 12.2. The lowest BCUT2D eigenvalue weighted by atomic mass is 10.0. The lowest BCUT2D eigenvalue weighted by Crippen LogP contribution is -2.08. The van der Waals surface area contributed by atoms with Gasteiger partial charge in [-0.25, -0.2) is 0 Å². The first-order chi connectivity index (χ1) is 7.46. The van der Waals surface area contributed by atoms with Crippen molar-refractivity contribution in [3.63, 3.8) is 0 Å². The molecule has 0 aliphatic carbocycles. The maximum atomic E-state index is 12.6. The third-order valence-corrected chi connectivity index (χ3v) is 2.03. The van der Waals surface area contributed by atoms with Crippen molar-refractivity contribution >= 4 is 11.8 Å². The molecule has 0 saturated heterocycles. The van der Waals surface area contributed by atoms with Crippen molar-refractivity contribution in [2.75, 3.05) is 12.3 Å². The second-order valence-corrected chi connectivity index (χ2v) is 3.22. The molecule has 1 aromatic rings. The molecule has 0 atom stereocenters. The Hall–Kier alpha value is -1.49. The van der Waals surface area contributed by atoms with Crippen molar-refractivity contribution in [1.29, 1.82) is 0 Å². The summed E-state index contributed by atoms with van der Waals surface area (Å²) in [5, 5.41) is 8.54. The topological polar surface area (TPSA) is 46.2 Å². The molecule has 0 aliphatic heterocycles. The summed E-state index contributed by atoms with van der Waals surface area (Å²) < 4.78 is 37.8. The third-order valence-electron chi connectivity index (χ3n) is 2.03. The second kappa shape index (κ2) is 5.03. The van der Waals surface area contributed by atoms with Gasteiger partial charge < -0.3 is 10.8 Å². The summed E-state index contributed by atoms with van der Waals surface area (Å²) in [7, 11) is 0. The predicted octanol–water partition coefficient (Wildman–Crippen LogP) is 2.68. The van der Waals surface area contributed by atoms with Gasteiger partial charge in [0.05, 0.1) is 5.56 Å². The van der Waals surface area contributed by atoms with Gasteiger partial charge in [0.25, 0.3) is 0 Å². The molecule has 0 bridgehead atoms. The molecule has 0 heterocycles. The molecule has 0 aliphatic rings. The van der Waals surface area contributed by atoms with E-state index in [1.54, 1.807) is 0 Å². The molecule has 1 rings (SSSR count). The maximum absolute atomic E-state index is 12.6. The Labute approximate surface area is 91.2 Å². The molecular formula is C11H12F3NO. The number of benzene rings is 1. The Bertz CT molecular complexity index is 385. The van der Waals surface area contributed by atoms with Crippen LogP contribution in [0.5, 0.6) is 0 Å². The standard InChI is InChI=1S/C11H12F3NO/c12-11(13,14)9-5-3-6-10(15)8(9)4-1-2-7-16/h1,3-6,16H,2,7,15H2. The minimum atomic E-state index is -4.42. The monoisotopic (exact) mass is 231 g/mol. The van der Waals surface area contributed by atoms with Crippen molar-refractivity contribution in [2.24, 2.45) is 0 Å². The average Bonchev–Trinajstić information content (AvgIpc) is 2.19. The van der Waals surface area contributed by atoms with Gasteiger partial charge in [-0.1, -0.05) is 18.2 Å². The summed E-state index contributed by atoms with van der Waals surface area (Å²) in [5.74, 6) is 0. The zero-order valence-electron chi connectivity index (χ0n) is 8.46. The lowest BCUT2D eigenvalue weighted by molar-refractivity contribution is -0.137. The Morgan fingerprint density at radius 2 is 2.00 bits per heavy atom. The number of nitrogens with two attached hydrogens (primary N) is 1. The SMILES string of the molecule is Nc1cccc(C(F)(F)F)c1C=CCCO. The number of rotatable bonds is 3. The Morgan fingerprint density at radius 1 is 1.31 bits per heavy atom. The number of hydrogen-bond acceptors (Lipinski definition) is 2. The van der Waals surface area contributed by atoms with Gasteiger partial charge >= 0.3 is 6.18 Å². The fourth-order valence-corrected chi connectivity index (χ4v) is 1.29. The second-order valence-electron chi connectivity index (χ2n) is 3.22. The van der Waals surface area contributed by atoms with E-state index < -0.39 is 11.7 Å². The van der Waals surface area contributed by atoms with Crippen LogP contribution in [0, 0.1) is 0 Å². The Kier molecular flexibility index (Phi) is 3.95. The molecule has 0 fully saturated rings. The van der Waals surface area contributed by atoms with E-state index in [1.807, 2.05) is 0 Å². The number of aliphatic hydroxyl groups excluding tert-OH is 1. The molecule has 5 heteroatoms. The number of alkyl halides is 3. The molecular weight excluding hydrogens is 219 g/mol. The van der Waals surface area contributed by atoms with Crippen LogP contribution in [0.3, 0.4) is 0 Å². The van der Waals surface area contributed by atoms with Gasteiger partial charge in [-0.05, 0) is 18.6 Å². The van der Waals surface area contributed by atoms with Gasteiger partial charge in [-0.15, -0.1) is 0 Å². The van der Waals surface area contributed by atoms with Gasteiger partial charge in [-0.2, -0.15) is 13.2 Å². The summed E-state index contributed by atoms with van der Waals surface area (Å²) >= 11 is 0. The van der Waals surface area contributed by atoms with Gasteiger partial charge in [0.1, 0.15) is 0 Å². The first kappa shape index (κ1) is 12.6. The molecule has 16 heavy (non-hydrogen) atoms. The highest BCUT2D eigenvalue weighted by atomic mass is 19.4. The Balaban J connectivity index is 3.14. The fourth-order valence-electron chi connectivity index (χ4n) is 1.29. The van der Waals surface area contributed by atoms with E-state index in [-0.39, 0.29) is 17.9 Å². The van der Waals surface area contributed by atoms with Crippen LogP contribution in [-0.2, 0) is 6.18 Å². The van der Waals surface area contributed by atoms with Crippen LogP contribution < -0.4 is 5.73 Å². The molecule has 2 nitrogen and oxygen atoms in total. The van der Waals surface area contributed by atoms with Crippen molar-refractivity contribution in [3.8, 4) is 0 Å². The minimum Gasteiger partial charge on any atom is -0.398 e. The molecule has 0 spiro atoms. The van der Waals surface area contributed by atoms with E-state index in [0.717, 1.165) is 6.07 Å². The Morgan fingerprint density at radius 3 is 2.56 bits per heavy atom. The number of hydrogen-bond donors (Lipinski definition) is 2. The first-order valence-corrected chi connectivity index (χ1v) is 4.70. The maximum Gasteiger partial charge on any atom is 0.417 e. The molecule has 88 valence electrons. The van der Waals surface area contributed by atoms with Gasteiger partial charge in [0, 0.05) is 17.9 Å². The van der Waals surface area contributed by atoms with Crippen LogP contribution in [0.4, 0.5) is 18.9 Å². The summed E-state index contributed by atoms with van der Waals surface area (Å²) in [5.41, 5.74) is 4.75. The highest BCUT2D eigenvalue weighted by molar-refractivity contribution is 5.68. The average molecular weight is 231 g/mol. The lowest BCUT2D eigenvalue weighted by Gasteiger charge is -2.11. The molecule has 1 aromatic carbocycles. The first-order valence-electron chi connectivity index (χ1n) is 4.70. The molecule has 0 aromatic heterocycles. The van der Waals surface area contributed by atoms with Gasteiger partial charge in [-0.3, -0.25) is 0 Å². The molecule has 0 amide bonds. The largest absolute Gasteiger partial charge is 0.417 e. The van der Waals surface area contributed by atoms with Crippen LogP contribution in [0.25, 0.3) is 6.08 Å². The highest BCUT2D eigenvalue weighted by Crippen LogP contribution is 2.34. The number of aliphatic hydroxyl groups is 1. The van der Waals surface area contributed by atoms with Crippen LogP contribution in [0.15, 0.2) is 24.3 Å². The van der Waals surface area contributed by atoms with E-state index in [2.05, 4.69) is 0 Å². The van der Waals surface area contributed by atoms with Crippen molar-refractivity contribution < 1.29 is 18.3 Å². The molecule has 3 N–H and O–H groups in total. The summed E-state index contributed by atoms with van der Waals surface area (Å²) in [6, 6.07) is 3.66. The van der Waals surface area contributed by atoms with Crippen molar-refractivity contribution in [2.45, 2.75) is 12.6 Å². The van der Waals surface area contributed by atoms with Crippen LogP contribution in [0.2, 0.25) is 0 Å². The van der Waals surface area contributed by atoms with Gasteiger partial charge in [0.15, 0.2) is 0 Å². The summed E-state index contributed by atoms with van der Waals surface area (Å²) in [6.45, 7) is -0.107. The van der Waals surface area contributed by atoms with Crippen LogP contribution in [-0.4, -0.2) is 11.7 Å². The van der Waals surface area contributed by atoms with Gasteiger partial charge in [0.2, 0.25) is 0 Å². The van der Waals surface area contributed by atoms with E-state index in [0.29, 0.717) is 6.42 Å². The summed E-state index contributed by atoms with van der Waals surface area (Å²) in [4.78, 5) is 0. The quantitative estimate of drug-likeness (QED) is 0.785. The van der Waals surface area contributed by atoms with Crippen molar-refractivity contribution in [3.05, 3.63) is 35.4 Å². The zero-order valence-corrected chi connectivity index (χ0v) is 8.46. The minimum absolute atomic E-state index is 0.0524. The fraction of sp³-hybridized carbons (Fsp3) is 0.273. The normalized spacial score (nSPS) is 12.2. The molecule has 0 unspecified atom stereocenters. The number of anilines is 1. The molecule has 0 saturated carbocycles. The van der Waals surface area contributed by atoms with E-state index in [1.165, 1.54) is 24.3 Å². The predicted molar refractivity (Wildman–Crippen MR) is 56.6 cm³/mol. The number of halogens is 3. The third kappa shape index (κ3) is 3.00. The van der Waals surface area contributed by atoms with Crippen molar-refractivity contribution in [1.82, 2.24) is 0 Å². The highest BCUT2D eigenvalue weighted by Gasteiger charge is 2.33. The van der Waals surface area contributed by atoms with E-state index in [4.69, 9.17) is 10.8 Å². The summed E-state index contributed by atoms with van der Waals surface area (Å²) in [6.07, 6.45) is -1.38. The van der Waals surface area contributed by atoms with Crippen LogP contribution in [0.1, 0.15) is 17.5 Å². The molecule has 0 radical (unpaired) electrons. The smallest absolute Gasteiger partial charge is 0.398 e. The number of nitrogen functional groups attached to an aromatic ring is 1. The van der Waals surface area contributed by atoms with E-state index in [9.17, 15) is 13.2 Å². The van der Waals surface area contributed by atoms with E-state index >= 15 is 0 Å². The van der Waals surface area contributed by atoms with Crippen LogP contribution >= 0.6 is 0 Å².